The number of carbonyl (C=O) groups is 1. The number of aromatic nitrogens is 4. The van der Waals surface area contributed by atoms with Crippen molar-refractivity contribution < 1.29 is 4.79 Å². The van der Waals surface area contributed by atoms with Gasteiger partial charge >= 0.3 is 0 Å². The van der Waals surface area contributed by atoms with Crippen LogP contribution < -0.4 is 5.32 Å². The van der Waals surface area contributed by atoms with Crippen molar-refractivity contribution >= 4 is 68.7 Å². The standard InChI is InChI=1S/C20H17Cl2N5OS3/c1-2-7-27-18(16-4-3-8-29-16)25-26-20(27)31-11-17(28)24-19-23-15(10-30-19)13-6-5-12(21)9-14(13)22/h3-6,8-10H,2,7,11H2,1H3,(H,23,24,28). The smallest absolute Gasteiger partial charge is 0.236 e. The van der Waals surface area contributed by atoms with Gasteiger partial charge in [-0.05, 0) is 36.1 Å². The van der Waals surface area contributed by atoms with E-state index in [1.165, 1.54) is 23.1 Å². The molecule has 0 aliphatic carbocycles. The Bertz CT molecular complexity index is 1190. The molecule has 0 unspecified atom stereocenters. The molecule has 160 valence electrons. The lowest BCUT2D eigenvalue weighted by Gasteiger charge is -2.07. The first-order chi connectivity index (χ1) is 15.0. The van der Waals surface area contributed by atoms with Gasteiger partial charge < -0.3 is 9.88 Å². The van der Waals surface area contributed by atoms with E-state index < -0.39 is 0 Å². The predicted octanol–water partition coefficient (Wildman–Crippen LogP) is 6.58. The monoisotopic (exact) mass is 509 g/mol. The van der Waals surface area contributed by atoms with Gasteiger partial charge in [0.15, 0.2) is 16.1 Å². The van der Waals surface area contributed by atoms with E-state index in [1.54, 1.807) is 23.5 Å². The molecule has 0 aliphatic rings. The Morgan fingerprint density at radius 1 is 1.23 bits per heavy atom. The Balaban J connectivity index is 1.41. The highest BCUT2D eigenvalue weighted by atomic mass is 35.5. The van der Waals surface area contributed by atoms with Gasteiger partial charge in [0.2, 0.25) is 5.91 Å². The van der Waals surface area contributed by atoms with Crippen LogP contribution in [0.1, 0.15) is 13.3 Å². The van der Waals surface area contributed by atoms with Crippen LogP contribution in [0.3, 0.4) is 0 Å². The Kier molecular flexibility index (Phi) is 7.29. The Morgan fingerprint density at radius 3 is 2.84 bits per heavy atom. The van der Waals surface area contributed by atoms with E-state index in [2.05, 4.69) is 32.0 Å². The fourth-order valence-electron chi connectivity index (χ4n) is 2.85. The van der Waals surface area contributed by atoms with E-state index in [0.717, 1.165) is 34.4 Å². The van der Waals surface area contributed by atoms with Crippen molar-refractivity contribution in [1.82, 2.24) is 19.7 Å². The van der Waals surface area contributed by atoms with Crippen molar-refractivity contribution in [3.8, 4) is 22.0 Å². The molecule has 0 saturated heterocycles. The molecule has 0 fully saturated rings. The van der Waals surface area contributed by atoms with E-state index in [4.69, 9.17) is 23.2 Å². The molecule has 0 atom stereocenters. The molecule has 31 heavy (non-hydrogen) atoms. The number of hydrogen-bond acceptors (Lipinski definition) is 7. The molecule has 11 heteroatoms. The first-order valence-corrected chi connectivity index (χ1v) is 12.9. The molecule has 0 bridgehead atoms. The summed E-state index contributed by atoms with van der Waals surface area (Å²) in [6, 6.07) is 9.25. The fourth-order valence-corrected chi connectivity index (χ4v) is 5.56. The zero-order chi connectivity index (χ0) is 21.8. The van der Waals surface area contributed by atoms with Crippen molar-refractivity contribution in [2.75, 3.05) is 11.1 Å². The second-order valence-corrected chi connectivity index (χ2v) is 10.0. The number of benzene rings is 1. The van der Waals surface area contributed by atoms with E-state index in [0.29, 0.717) is 20.9 Å². The van der Waals surface area contributed by atoms with Crippen LogP contribution in [-0.4, -0.2) is 31.4 Å². The minimum atomic E-state index is -0.156. The largest absolute Gasteiger partial charge is 0.301 e. The van der Waals surface area contributed by atoms with Gasteiger partial charge in [-0.25, -0.2) is 4.98 Å². The number of thioether (sulfide) groups is 1. The molecule has 0 spiro atoms. The number of anilines is 1. The zero-order valence-electron chi connectivity index (χ0n) is 16.3. The van der Waals surface area contributed by atoms with Crippen molar-refractivity contribution in [2.45, 2.75) is 25.0 Å². The van der Waals surface area contributed by atoms with Gasteiger partial charge in [0.1, 0.15) is 0 Å². The summed E-state index contributed by atoms with van der Waals surface area (Å²) in [6.07, 6.45) is 0.950. The average molecular weight is 510 g/mol. The maximum atomic E-state index is 12.5. The summed E-state index contributed by atoms with van der Waals surface area (Å²) < 4.78 is 2.06. The van der Waals surface area contributed by atoms with E-state index >= 15 is 0 Å². The van der Waals surface area contributed by atoms with Crippen LogP contribution in [0.5, 0.6) is 0 Å². The second kappa shape index (κ2) is 10.1. The zero-order valence-corrected chi connectivity index (χ0v) is 20.3. The van der Waals surface area contributed by atoms with Crippen LogP contribution in [0.25, 0.3) is 22.0 Å². The summed E-state index contributed by atoms with van der Waals surface area (Å²) in [4.78, 5) is 18.0. The number of rotatable bonds is 8. The van der Waals surface area contributed by atoms with Gasteiger partial charge in [0.25, 0.3) is 0 Å². The van der Waals surface area contributed by atoms with Gasteiger partial charge in [-0.3, -0.25) is 4.79 Å². The summed E-state index contributed by atoms with van der Waals surface area (Å²) >= 11 is 16.5. The molecule has 1 amide bonds. The summed E-state index contributed by atoms with van der Waals surface area (Å²) in [5.41, 5.74) is 1.46. The third-order valence-electron chi connectivity index (χ3n) is 4.20. The van der Waals surface area contributed by atoms with Gasteiger partial charge in [-0.2, -0.15) is 0 Å². The van der Waals surface area contributed by atoms with Crippen LogP contribution in [-0.2, 0) is 11.3 Å². The number of carbonyl (C=O) groups excluding carboxylic acids is 1. The summed E-state index contributed by atoms with van der Waals surface area (Å²) in [5, 5.41) is 17.7. The Hall–Kier alpha value is -1.91. The third kappa shape index (κ3) is 5.30. The Morgan fingerprint density at radius 2 is 2.10 bits per heavy atom. The van der Waals surface area contributed by atoms with Crippen molar-refractivity contribution in [3.63, 3.8) is 0 Å². The van der Waals surface area contributed by atoms with Gasteiger partial charge in [0.05, 0.1) is 21.3 Å². The van der Waals surface area contributed by atoms with Gasteiger partial charge in [-0.15, -0.1) is 32.9 Å². The van der Waals surface area contributed by atoms with Gasteiger partial charge in [-0.1, -0.05) is 48.0 Å². The third-order valence-corrected chi connectivity index (χ3v) is 7.33. The molecular weight excluding hydrogens is 493 g/mol. The van der Waals surface area contributed by atoms with E-state index in [1.807, 2.05) is 29.0 Å². The second-order valence-electron chi connectivity index (χ2n) is 6.43. The predicted molar refractivity (Wildman–Crippen MR) is 131 cm³/mol. The van der Waals surface area contributed by atoms with Gasteiger partial charge in [0, 0.05) is 22.5 Å². The number of nitrogens with one attached hydrogen (secondary N) is 1. The molecule has 4 rings (SSSR count). The minimum absolute atomic E-state index is 0.156. The van der Waals surface area contributed by atoms with Crippen LogP contribution in [0.15, 0.2) is 46.2 Å². The van der Waals surface area contributed by atoms with Crippen molar-refractivity contribution in [1.29, 1.82) is 0 Å². The molecule has 3 heterocycles. The summed E-state index contributed by atoms with van der Waals surface area (Å²) in [7, 11) is 0. The molecule has 1 aromatic carbocycles. The minimum Gasteiger partial charge on any atom is -0.301 e. The summed E-state index contributed by atoms with van der Waals surface area (Å²) in [5.74, 6) is 0.893. The highest BCUT2D eigenvalue weighted by molar-refractivity contribution is 7.99. The molecular formula is C20H17Cl2N5OS3. The molecule has 0 aliphatic heterocycles. The lowest BCUT2D eigenvalue weighted by atomic mass is 10.2. The fraction of sp³-hybridized carbons (Fsp3) is 0.200. The van der Waals surface area contributed by atoms with E-state index in [9.17, 15) is 4.79 Å². The first-order valence-electron chi connectivity index (χ1n) is 9.36. The number of hydrogen-bond donors (Lipinski definition) is 1. The lowest BCUT2D eigenvalue weighted by molar-refractivity contribution is -0.113. The van der Waals surface area contributed by atoms with Crippen molar-refractivity contribution in [3.05, 3.63) is 51.1 Å². The highest BCUT2D eigenvalue weighted by Gasteiger charge is 2.17. The number of nitrogens with zero attached hydrogens (tertiary/aromatic N) is 4. The molecule has 1 N–H and O–H groups in total. The average Bonchev–Trinajstić information content (AvgIpc) is 3.48. The van der Waals surface area contributed by atoms with Crippen LogP contribution in [0, 0.1) is 0 Å². The van der Waals surface area contributed by atoms with E-state index in [-0.39, 0.29) is 11.7 Å². The first kappa shape index (κ1) is 22.3. The van der Waals surface area contributed by atoms with Crippen LogP contribution in [0.2, 0.25) is 10.0 Å². The maximum Gasteiger partial charge on any atom is 0.236 e. The Labute approximate surface area is 201 Å². The molecule has 6 nitrogen and oxygen atoms in total. The SMILES string of the molecule is CCCn1c(SCC(=O)Nc2nc(-c3ccc(Cl)cc3Cl)cs2)nnc1-c1cccs1. The summed E-state index contributed by atoms with van der Waals surface area (Å²) in [6.45, 7) is 2.90. The molecule has 4 aromatic rings. The van der Waals surface area contributed by atoms with Crippen LogP contribution in [0.4, 0.5) is 5.13 Å². The molecule has 0 saturated carbocycles. The maximum absolute atomic E-state index is 12.5. The van der Waals surface area contributed by atoms with Crippen molar-refractivity contribution in [2.24, 2.45) is 0 Å². The molecule has 3 aromatic heterocycles. The lowest BCUT2D eigenvalue weighted by Crippen LogP contribution is -2.14. The quantitative estimate of drug-likeness (QED) is 0.271. The number of thiophene rings is 1. The highest BCUT2D eigenvalue weighted by Crippen LogP contribution is 2.32. The molecule has 0 radical (unpaired) electrons. The van der Waals surface area contributed by atoms with Crippen LogP contribution >= 0.6 is 57.6 Å². The normalized spacial score (nSPS) is 11.1. The number of halogens is 2. The topological polar surface area (TPSA) is 72.7 Å². The number of thiazole rings is 1. The number of amides is 1.